The number of aliphatic imine (C=N–C) groups is 1. The Morgan fingerprint density at radius 2 is 2.08 bits per heavy atom. The van der Waals surface area contributed by atoms with Crippen LogP contribution in [0.15, 0.2) is 39.8 Å². The van der Waals surface area contributed by atoms with Crippen LogP contribution < -0.4 is 15.4 Å². The lowest BCUT2D eigenvalue weighted by Gasteiger charge is -2.10. The monoisotopic (exact) mass is 366 g/mol. The number of alkyl halides is 2. The number of aromatic nitrogens is 1. The molecule has 0 saturated carbocycles. The molecule has 0 amide bonds. The number of ether oxygens (including phenoxy) is 1. The predicted molar refractivity (Wildman–Crippen MR) is 95.3 cm³/mol. The maximum atomic E-state index is 12.3. The fourth-order valence-electron chi connectivity index (χ4n) is 2.19. The summed E-state index contributed by atoms with van der Waals surface area (Å²) < 4.78 is 34.3. The standard InChI is InChI=1S/C18H24F2N4O2/c1-4-21-18(23-11-15-9-16(12(2)3)24-26-15)22-10-13-6-5-7-14(8-13)25-17(19)20/h5-9,12,17H,4,10-11H2,1-3H3,(H2,21,22,23). The molecule has 0 spiro atoms. The molecule has 0 aliphatic carbocycles. The third-order valence-corrected chi connectivity index (χ3v) is 3.49. The van der Waals surface area contributed by atoms with Crippen LogP contribution in [0.25, 0.3) is 0 Å². The fourth-order valence-corrected chi connectivity index (χ4v) is 2.19. The summed E-state index contributed by atoms with van der Waals surface area (Å²) >= 11 is 0. The third-order valence-electron chi connectivity index (χ3n) is 3.49. The van der Waals surface area contributed by atoms with Crippen LogP contribution in [0.5, 0.6) is 5.75 Å². The first kappa shape index (κ1) is 19.7. The van der Waals surface area contributed by atoms with E-state index < -0.39 is 6.61 Å². The van der Waals surface area contributed by atoms with Crippen molar-refractivity contribution >= 4 is 5.96 Å². The number of rotatable bonds is 8. The molecular formula is C18H24F2N4O2. The fraction of sp³-hybridized carbons (Fsp3) is 0.444. The molecule has 6 nitrogen and oxygen atoms in total. The number of nitrogens with one attached hydrogen (secondary N) is 2. The van der Waals surface area contributed by atoms with Crippen LogP contribution in [0.1, 0.15) is 43.7 Å². The largest absolute Gasteiger partial charge is 0.435 e. The van der Waals surface area contributed by atoms with E-state index in [1.54, 1.807) is 18.2 Å². The van der Waals surface area contributed by atoms with E-state index in [4.69, 9.17) is 4.52 Å². The zero-order chi connectivity index (χ0) is 18.9. The summed E-state index contributed by atoms with van der Waals surface area (Å²) in [6.07, 6.45) is 0. The Labute approximate surface area is 151 Å². The first-order valence-corrected chi connectivity index (χ1v) is 8.49. The van der Waals surface area contributed by atoms with Crippen LogP contribution >= 0.6 is 0 Å². The number of halogens is 2. The summed E-state index contributed by atoms with van der Waals surface area (Å²) in [4.78, 5) is 4.45. The van der Waals surface area contributed by atoms with Crippen molar-refractivity contribution in [2.24, 2.45) is 4.99 Å². The van der Waals surface area contributed by atoms with E-state index in [9.17, 15) is 8.78 Å². The van der Waals surface area contributed by atoms with Crippen molar-refractivity contribution in [3.05, 3.63) is 47.3 Å². The average Bonchev–Trinajstić information content (AvgIpc) is 3.06. The number of guanidine groups is 1. The quantitative estimate of drug-likeness (QED) is 0.551. The van der Waals surface area contributed by atoms with Gasteiger partial charge in [-0.15, -0.1) is 0 Å². The molecule has 1 aromatic carbocycles. The van der Waals surface area contributed by atoms with Crippen LogP contribution in [-0.4, -0.2) is 24.3 Å². The van der Waals surface area contributed by atoms with E-state index in [-0.39, 0.29) is 5.75 Å². The molecule has 8 heteroatoms. The van der Waals surface area contributed by atoms with E-state index in [1.165, 1.54) is 6.07 Å². The van der Waals surface area contributed by atoms with Crippen molar-refractivity contribution in [3.8, 4) is 5.75 Å². The second kappa shape index (κ2) is 9.74. The lowest BCUT2D eigenvalue weighted by molar-refractivity contribution is -0.0498. The molecule has 26 heavy (non-hydrogen) atoms. The molecule has 1 heterocycles. The summed E-state index contributed by atoms with van der Waals surface area (Å²) in [5.74, 6) is 1.73. The summed E-state index contributed by atoms with van der Waals surface area (Å²) in [7, 11) is 0. The lowest BCUT2D eigenvalue weighted by Crippen LogP contribution is -2.36. The van der Waals surface area contributed by atoms with E-state index in [0.29, 0.717) is 37.3 Å². The number of benzene rings is 1. The highest BCUT2D eigenvalue weighted by Gasteiger charge is 2.08. The molecule has 0 saturated heterocycles. The Morgan fingerprint density at radius 3 is 2.73 bits per heavy atom. The minimum absolute atomic E-state index is 0.119. The second-order valence-corrected chi connectivity index (χ2v) is 5.95. The van der Waals surface area contributed by atoms with E-state index in [2.05, 4.69) is 25.5 Å². The van der Waals surface area contributed by atoms with Crippen LogP contribution in [0.2, 0.25) is 0 Å². The van der Waals surface area contributed by atoms with Crippen molar-refractivity contribution < 1.29 is 18.0 Å². The molecule has 0 aliphatic rings. The number of nitrogens with zero attached hydrogens (tertiary/aromatic N) is 2. The van der Waals surface area contributed by atoms with Gasteiger partial charge in [0.15, 0.2) is 11.7 Å². The van der Waals surface area contributed by atoms with Crippen molar-refractivity contribution in [3.63, 3.8) is 0 Å². The Balaban J connectivity index is 1.97. The smallest absolute Gasteiger partial charge is 0.387 e. The van der Waals surface area contributed by atoms with Gasteiger partial charge < -0.3 is 19.9 Å². The SMILES string of the molecule is CCNC(=NCc1cccc(OC(F)F)c1)NCc1cc(C(C)C)no1. The molecule has 0 unspecified atom stereocenters. The van der Waals surface area contributed by atoms with E-state index >= 15 is 0 Å². The van der Waals surface area contributed by atoms with Crippen molar-refractivity contribution in [1.82, 2.24) is 15.8 Å². The summed E-state index contributed by atoms with van der Waals surface area (Å²) in [6.45, 7) is 4.67. The minimum Gasteiger partial charge on any atom is -0.435 e. The Kier molecular flexibility index (Phi) is 7.37. The topological polar surface area (TPSA) is 71.7 Å². The molecule has 0 bridgehead atoms. The Hall–Kier alpha value is -2.64. The van der Waals surface area contributed by atoms with E-state index in [1.807, 2.05) is 26.8 Å². The van der Waals surface area contributed by atoms with Gasteiger partial charge in [0, 0.05) is 12.6 Å². The Morgan fingerprint density at radius 1 is 1.27 bits per heavy atom. The molecule has 0 aliphatic heterocycles. The van der Waals surface area contributed by atoms with Crippen LogP contribution in [0, 0.1) is 0 Å². The zero-order valence-corrected chi connectivity index (χ0v) is 15.1. The third kappa shape index (κ3) is 6.34. The molecule has 2 rings (SSSR count). The van der Waals surface area contributed by atoms with Gasteiger partial charge in [-0.25, -0.2) is 4.99 Å². The van der Waals surface area contributed by atoms with Gasteiger partial charge in [-0.1, -0.05) is 31.1 Å². The lowest BCUT2D eigenvalue weighted by atomic mass is 10.1. The predicted octanol–water partition coefficient (Wildman–Crippen LogP) is 3.65. The summed E-state index contributed by atoms with van der Waals surface area (Å²) in [5, 5.41) is 10.3. The van der Waals surface area contributed by atoms with Gasteiger partial charge in [0.2, 0.25) is 0 Å². The molecular weight excluding hydrogens is 342 g/mol. The molecule has 0 radical (unpaired) electrons. The highest BCUT2D eigenvalue weighted by atomic mass is 19.3. The van der Waals surface area contributed by atoms with Crippen molar-refractivity contribution in [2.45, 2.75) is 46.4 Å². The summed E-state index contributed by atoms with van der Waals surface area (Å²) in [6, 6.07) is 8.40. The number of hydrogen-bond acceptors (Lipinski definition) is 4. The van der Waals surface area contributed by atoms with Gasteiger partial charge in [-0.2, -0.15) is 8.78 Å². The zero-order valence-electron chi connectivity index (χ0n) is 15.1. The van der Waals surface area contributed by atoms with Gasteiger partial charge in [-0.3, -0.25) is 0 Å². The molecule has 2 aromatic rings. The highest BCUT2D eigenvalue weighted by molar-refractivity contribution is 5.79. The molecule has 2 N–H and O–H groups in total. The van der Waals surface area contributed by atoms with Gasteiger partial charge in [0.1, 0.15) is 5.75 Å². The van der Waals surface area contributed by atoms with Gasteiger partial charge in [0.05, 0.1) is 18.8 Å². The average molecular weight is 366 g/mol. The van der Waals surface area contributed by atoms with Gasteiger partial charge in [0.25, 0.3) is 0 Å². The molecule has 0 atom stereocenters. The first-order chi connectivity index (χ1) is 12.5. The van der Waals surface area contributed by atoms with Crippen LogP contribution in [0.4, 0.5) is 8.78 Å². The van der Waals surface area contributed by atoms with Crippen molar-refractivity contribution in [1.29, 1.82) is 0 Å². The van der Waals surface area contributed by atoms with E-state index in [0.717, 1.165) is 11.3 Å². The van der Waals surface area contributed by atoms with Gasteiger partial charge in [-0.05, 0) is 30.5 Å². The highest BCUT2D eigenvalue weighted by Crippen LogP contribution is 2.16. The number of hydrogen-bond donors (Lipinski definition) is 2. The maximum Gasteiger partial charge on any atom is 0.387 e. The summed E-state index contributed by atoms with van der Waals surface area (Å²) in [5.41, 5.74) is 1.67. The molecule has 0 fully saturated rings. The van der Waals surface area contributed by atoms with Crippen LogP contribution in [0.3, 0.4) is 0 Å². The molecule has 1 aromatic heterocycles. The van der Waals surface area contributed by atoms with Gasteiger partial charge >= 0.3 is 6.61 Å². The maximum absolute atomic E-state index is 12.3. The van der Waals surface area contributed by atoms with Crippen LogP contribution in [-0.2, 0) is 13.1 Å². The van der Waals surface area contributed by atoms with Crippen molar-refractivity contribution in [2.75, 3.05) is 6.54 Å². The Bertz CT molecular complexity index is 717. The normalized spacial score (nSPS) is 11.9. The molecule has 142 valence electrons. The minimum atomic E-state index is -2.84. The first-order valence-electron chi connectivity index (χ1n) is 8.49. The second-order valence-electron chi connectivity index (χ2n) is 5.95.